The van der Waals surface area contributed by atoms with Gasteiger partial charge in [-0.1, -0.05) is 24.3 Å². The summed E-state index contributed by atoms with van der Waals surface area (Å²) in [5.41, 5.74) is 4.30. The monoisotopic (exact) mass is 167 g/mol. The molecule has 0 bridgehead atoms. The van der Waals surface area contributed by atoms with Crippen molar-refractivity contribution in [3.05, 3.63) is 35.4 Å². The highest BCUT2D eigenvalue weighted by Gasteiger charge is 1.92. The number of benzene rings is 1. The van der Waals surface area contributed by atoms with E-state index in [0.29, 0.717) is 13.2 Å². The van der Waals surface area contributed by atoms with E-state index < -0.39 is 0 Å². The zero-order valence-electron chi connectivity index (χ0n) is 7.08. The molecule has 0 heterocycles. The van der Waals surface area contributed by atoms with Crippen LogP contribution in [0.15, 0.2) is 24.3 Å². The van der Waals surface area contributed by atoms with E-state index >= 15 is 0 Å². The first-order chi connectivity index (χ1) is 5.86. The molecule has 66 valence electrons. The minimum Gasteiger partial charge on any atom is -0.380 e. The summed E-state index contributed by atoms with van der Waals surface area (Å²) in [6.07, 6.45) is 0. The molecular weight excluding hydrogens is 154 g/mol. The summed E-state index contributed by atoms with van der Waals surface area (Å²) < 4.78 is 4.96. The summed E-state index contributed by atoms with van der Waals surface area (Å²) in [7, 11) is 1.67. The number of rotatable bonds is 4. The van der Waals surface area contributed by atoms with Gasteiger partial charge in [0.25, 0.3) is 0 Å². The molecule has 0 aliphatic rings. The third-order valence-corrected chi connectivity index (χ3v) is 1.62. The molecule has 1 aromatic carbocycles. The lowest BCUT2D eigenvalue weighted by molar-refractivity contribution is 0.161. The maximum Gasteiger partial charge on any atom is 0.0713 e. The van der Waals surface area contributed by atoms with Crippen molar-refractivity contribution >= 4 is 0 Å². The van der Waals surface area contributed by atoms with Gasteiger partial charge in [-0.05, 0) is 11.1 Å². The molecule has 0 aromatic heterocycles. The summed E-state index contributed by atoms with van der Waals surface area (Å²) in [6.45, 7) is 1.11. The molecule has 12 heavy (non-hydrogen) atoms. The van der Waals surface area contributed by atoms with Crippen LogP contribution in [-0.4, -0.2) is 12.3 Å². The van der Waals surface area contributed by atoms with Crippen molar-refractivity contribution in [2.45, 2.75) is 13.2 Å². The summed E-state index contributed by atoms with van der Waals surface area (Å²) in [5, 5.41) is 8.42. The number of methoxy groups -OCH3 is 1. The summed E-state index contributed by atoms with van der Waals surface area (Å²) in [5.74, 6) is 0. The molecule has 1 aromatic rings. The van der Waals surface area contributed by atoms with Gasteiger partial charge in [-0.3, -0.25) is 0 Å². The second kappa shape index (κ2) is 4.87. The van der Waals surface area contributed by atoms with Crippen molar-refractivity contribution in [2.24, 2.45) is 0 Å². The molecule has 0 fully saturated rings. The Morgan fingerprint density at radius 2 is 1.83 bits per heavy atom. The first-order valence-electron chi connectivity index (χ1n) is 3.80. The lowest BCUT2D eigenvalue weighted by atomic mass is 10.1. The molecule has 0 saturated carbocycles. The molecule has 0 aliphatic heterocycles. The number of hydrogen-bond donors (Lipinski definition) is 2. The van der Waals surface area contributed by atoms with Gasteiger partial charge < -0.3 is 9.94 Å². The fourth-order valence-corrected chi connectivity index (χ4v) is 1.01. The predicted octanol–water partition coefficient (Wildman–Crippen LogP) is 1.31. The van der Waals surface area contributed by atoms with E-state index in [9.17, 15) is 0 Å². The van der Waals surface area contributed by atoms with Gasteiger partial charge in [0.15, 0.2) is 0 Å². The van der Waals surface area contributed by atoms with E-state index in [4.69, 9.17) is 9.94 Å². The Labute approximate surface area is 71.9 Å². The molecule has 0 amide bonds. The number of ether oxygens (including phenoxy) is 1. The second-order valence-corrected chi connectivity index (χ2v) is 2.58. The Kier molecular flexibility index (Phi) is 3.73. The van der Waals surface area contributed by atoms with Gasteiger partial charge in [-0.2, -0.15) is 0 Å². The molecule has 0 unspecified atom stereocenters. The number of hydrogen-bond acceptors (Lipinski definition) is 3. The van der Waals surface area contributed by atoms with Gasteiger partial charge in [0.1, 0.15) is 0 Å². The van der Waals surface area contributed by atoms with E-state index in [1.165, 1.54) is 0 Å². The maximum atomic E-state index is 8.42. The van der Waals surface area contributed by atoms with Gasteiger partial charge in [0.2, 0.25) is 0 Å². The van der Waals surface area contributed by atoms with Crippen molar-refractivity contribution in [2.75, 3.05) is 7.11 Å². The standard InChI is InChI=1S/C9H13NO2/c1-12-7-9-4-2-8(3-5-9)6-10-11/h2-5,10-11H,6-7H2,1H3. The molecule has 0 radical (unpaired) electrons. The van der Waals surface area contributed by atoms with Crippen molar-refractivity contribution in [3.8, 4) is 0 Å². The summed E-state index contributed by atoms with van der Waals surface area (Å²) >= 11 is 0. The summed E-state index contributed by atoms with van der Waals surface area (Å²) in [6, 6.07) is 7.88. The van der Waals surface area contributed by atoms with E-state index in [1.807, 2.05) is 24.3 Å². The minimum atomic E-state index is 0.479. The Morgan fingerprint density at radius 1 is 1.25 bits per heavy atom. The third-order valence-electron chi connectivity index (χ3n) is 1.62. The lowest BCUT2D eigenvalue weighted by Crippen LogP contribution is -2.05. The Balaban J connectivity index is 2.58. The topological polar surface area (TPSA) is 41.5 Å². The fourth-order valence-electron chi connectivity index (χ4n) is 1.01. The number of nitrogens with one attached hydrogen (secondary N) is 1. The van der Waals surface area contributed by atoms with Gasteiger partial charge in [-0.15, -0.1) is 0 Å². The molecule has 0 atom stereocenters. The van der Waals surface area contributed by atoms with Crippen molar-refractivity contribution in [3.63, 3.8) is 0 Å². The predicted molar refractivity (Wildman–Crippen MR) is 45.8 cm³/mol. The normalized spacial score (nSPS) is 10.2. The second-order valence-electron chi connectivity index (χ2n) is 2.58. The van der Waals surface area contributed by atoms with Crippen LogP contribution in [0.1, 0.15) is 11.1 Å². The van der Waals surface area contributed by atoms with Crippen LogP contribution in [0.5, 0.6) is 0 Å². The number of hydroxylamine groups is 1. The quantitative estimate of drug-likeness (QED) is 0.664. The van der Waals surface area contributed by atoms with Crippen LogP contribution >= 0.6 is 0 Å². The average Bonchev–Trinajstić information content (AvgIpc) is 2.09. The SMILES string of the molecule is COCc1ccc(CNO)cc1. The first-order valence-corrected chi connectivity index (χ1v) is 3.80. The highest BCUT2D eigenvalue weighted by molar-refractivity contribution is 5.21. The van der Waals surface area contributed by atoms with Crippen molar-refractivity contribution in [1.29, 1.82) is 0 Å². The van der Waals surface area contributed by atoms with E-state index in [1.54, 1.807) is 7.11 Å². The molecule has 1 rings (SSSR count). The Hall–Kier alpha value is -0.900. The molecule has 0 saturated heterocycles. The molecule has 3 nitrogen and oxygen atoms in total. The van der Waals surface area contributed by atoms with E-state index in [-0.39, 0.29) is 0 Å². The molecule has 0 aliphatic carbocycles. The lowest BCUT2D eigenvalue weighted by Gasteiger charge is -2.01. The van der Waals surface area contributed by atoms with Crippen LogP contribution in [0.3, 0.4) is 0 Å². The summed E-state index contributed by atoms with van der Waals surface area (Å²) in [4.78, 5) is 0. The Morgan fingerprint density at radius 3 is 2.33 bits per heavy atom. The highest BCUT2D eigenvalue weighted by Crippen LogP contribution is 2.04. The van der Waals surface area contributed by atoms with Crippen LogP contribution in [0.4, 0.5) is 0 Å². The van der Waals surface area contributed by atoms with Crippen molar-refractivity contribution < 1.29 is 9.94 Å². The maximum absolute atomic E-state index is 8.42. The minimum absolute atomic E-state index is 0.479. The van der Waals surface area contributed by atoms with Crippen LogP contribution < -0.4 is 5.48 Å². The fraction of sp³-hybridized carbons (Fsp3) is 0.333. The van der Waals surface area contributed by atoms with E-state index in [2.05, 4.69) is 5.48 Å². The van der Waals surface area contributed by atoms with Crippen molar-refractivity contribution in [1.82, 2.24) is 5.48 Å². The Bertz CT molecular complexity index is 195. The zero-order chi connectivity index (χ0) is 8.81. The third kappa shape index (κ3) is 2.62. The largest absolute Gasteiger partial charge is 0.380 e. The molecule has 3 heteroatoms. The highest BCUT2D eigenvalue weighted by atomic mass is 16.5. The van der Waals surface area contributed by atoms with Gasteiger partial charge >= 0.3 is 0 Å². The average molecular weight is 167 g/mol. The molecular formula is C9H13NO2. The smallest absolute Gasteiger partial charge is 0.0713 e. The van der Waals surface area contributed by atoms with Crippen LogP contribution in [0, 0.1) is 0 Å². The zero-order valence-corrected chi connectivity index (χ0v) is 7.08. The van der Waals surface area contributed by atoms with Crippen LogP contribution in [-0.2, 0) is 17.9 Å². The van der Waals surface area contributed by atoms with Crippen LogP contribution in [0.25, 0.3) is 0 Å². The van der Waals surface area contributed by atoms with Gasteiger partial charge in [0, 0.05) is 13.7 Å². The van der Waals surface area contributed by atoms with Crippen LogP contribution in [0.2, 0.25) is 0 Å². The van der Waals surface area contributed by atoms with Gasteiger partial charge in [-0.25, -0.2) is 5.48 Å². The molecule has 2 N–H and O–H groups in total. The van der Waals surface area contributed by atoms with Gasteiger partial charge in [0.05, 0.1) is 6.61 Å². The first kappa shape index (κ1) is 9.19. The molecule has 0 spiro atoms. The van der Waals surface area contributed by atoms with E-state index in [0.717, 1.165) is 11.1 Å².